The molecule has 2 aliphatic rings. The highest BCUT2D eigenvalue weighted by atomic mass is 35.5. The van der Waals surface area contributed by atoms with E-state index >= 15 is 0 Å². The van der Waals surface area contributed by atoms with Gasteiger partial charge in [-0.2, -0.15) is 0 Å². The summed E-state index contributed by atoms with van der Waals surface area (Å²) in [7, 11) is 1.77. The fraction of sp³-hybridized carbons (Fsp3) is 0.417. The smallest absolute Gasteiger partial charge is 0.263 e. The van der Waals surface area contributed by atoms with E-state index in [9.17, 15) is 9.59 Å². The number of halogens is 1. The molecule has 0 unspecified atom stereocenters. The molecule has 5 heterocycles. The number of rotatable bonds is 7. The third-order valence-electron chi connectivity index (χ3n) is 6.50. The lowest BCUT2D eigenvalue weighted by molar-refractivity contribution is -0.118. The monoisotopic (exact) mass is 482 g/mol. The summed E-state index contributed by atoms with van der Waals surface area (Å²) in [5, 5.41) is 6.84. The Morgan fingerprint density at radius 1 is 1.26 bits per heavy atom. The minimum absolute atomic E-state index is 0.0339. The molecule has 1 atom stereocenters. The Morgan fingerprint density at radius 3 is 3.03 bits per heavy atom. The van der Waals surface area contributed by atoms with Gasteiger partial charge in [0.25, 0.3) is 11.5 Å². The fourth-order valence-electron chi connectivity index (χ4n) is 4.70. The molecule has 2 N–H and O–H groups in total. The van der Waals surface area contributed by atoms with E-state index in [2.05, 4.69) is 25.5 Å². The number of hydrogen-bond donors (Lipinski definition) is 2. The van der Waals surface area contributed by atoms with Crippen molar-refractivity contribution < 1.29 is 9.53 Å². The molecular weight excluding hydrogens is 456 g/mol. The molecule has 1 saturated heterocycles. The van der Waals surface area contributed by atoms with Gasteiger partial charge in [-0.25, -0.2) is 4.98 Å². The topological polar surface area (TPSA) is 101 Å². The summed E-state index contributed by atoms with van der Waals surface area (Å²) in [5.74, 6) is 1.47. The maximum atomic E-state index is 12.1. The number of hydrogen-bond acceptors (Lipinski definition) is 7. The highest BCUT2D eigenvalue weighted by molar-refractivity contribution is 6.32. The van der Waals surface area contributed by atoms with E-state index in [1.807, 2.05) is 12.1 Å². The number of aromatic nitrogens is 3. The molecule has 0 saturated carbocycles. The van der Waals surface area contributed by atoms with Crippen LogP contribution in [0.5, 0.6) is 5.75 Å². The standard InChI is InChI=1S/C24H27ClN6O3/c1-30-22(33)5-3-19-23(30)17(18(25)12-27-19)7-9-31-8-6-15(13-31)10-26-11-16-2-4-20-24(28-16)29-21(32)14-34-20/h2-5,12,15,26H,6-11,13-14H2,1H3,(H,28,29,32)/t15-/m1/s1. The molecule has 34 heavy (non-hydrogen) atoms. The highest BCUT2D eigenvalue weighted by Crippen LogP contribution is 2.26. The molecule has 0 spiro atoms. The van der Waals surface area contributed by atoms with E-state index in [0.29, 0.717) is 29.1 Å². The molecule has 178 valence electrons. The van der Waals surface area contributed by atoms with Crippen molar-refractivity contribution in [2.75, 3.05) is 38.1 Å². The van der Waals surface area contributed by atoms with Crippen molar-refractivity contribution in [3.8, 4) is 5.75 Å². The number of ether oxygens (including phenoxy) is 1. The van der Waals surface area contributed by atoms with Crippen LogP contribution in [0, 0.1) is 5.92 Å². The van der Waals surface area contributed by atoms with Crippen LogP contribution < -0.4 is 20.9 Å². The first-order chi connectivity index (χ1) is 16.5. The van der Waals surface area contributed by atoms with Crippen LogP contribution in [-0.4, -0.2) is 58.1 Å². The molecule has 0 aliphatic carbocycles. The lowest BCUT2D eigenvalue weighted by Gasteiger charge is -2.19. The van der Waals surface area contributed by atoms with Crippen molar-refractivity contribution in [2.24, 2.45) is 13.0 Å². The molecule has 0 radical (unpaired) electrons. The maximum Gasteiger partial charge on any atom is 0.263 e. The van der Waals surface area contributed by atoms with E-state index in [0.717, 1.165) is 61.3 Å². The number of likely N-dealkylation sites (tertiary alicyclic amines) is 1. The Kier molecular flexibility index (Phi) is 6.49. The number of carbonyl (C=O) groups excluding carboxylic acids is 1. The van der Waals surface area contributed by atoms with Crippen LogP contribution >= 0.6 is 11.6 Å². The van der Waals surface area contributed by atoms with E-state index in [-0.39, 0.29) is 18.1 Å². The zero-order valence-electron chi connectivity index (χ0n) is 19.0. The van der Waals surface area contributed by atoms with Gasteiger partial charge in [0.05, 0.1) is 21.7 Å². The molecule has 9 nitrogen and oxygen atoms in total. The summed E-state index contributed by atoms with van der Waals surface area (Å²) in [5.41, 5.74) is 3.38. The Morgan fingerprint density at radius 2 is 2.15 bits per heavy atom. The van der Waals surface area contributed by atoms with Crippen molar-refractivity contribution in [2.45, 2.75) is 19.4 Å². The van der Waals surface area contributed by atoms with Gasteiger partial charge in [0.2, 0.25) is 0 Å². The zero-order chi connectivity index (χ0) is 23.7. The first-order valence-corrected chi connectivity index (χ1v) is 11.8. The number of anilines is 1. The predicted octanol–water partition coefficient (Wildman–Crippen LogP) is 1.97. The second-order valence-electron chi connectivity index (χ2n) is 8.87. The van der Waals surface area contributed by atoms with E-state index in [1.165, 1.54) is 6.07 Å². The van der Waals surface area contributed by atoms with Crippen LogP contribution in [0.2, 0.25) is 5.02 Å². The summed E-state index contributed by atoms with van der Waals surface area (Å²) in [6.45, 7) is 4.48. The molecule has 0 aromatic carbocycles. The molecular formula is C24H27ClN6O3. The van der Waals surface area contributed by atoms with Crippen molar-refractivity contribution in [1.82, 2.24) is 24.8 Å². The predicted molar refractivity (Wildman–Crippen MR) is 130 cm³/mol. The number of nitrogens with zero attached hydrogens (tertiary/aromatic N) is 4. The lowest BCUT2D eigenvalue weighted by atomic mass is 10.1. The Labute approximate surface area is 202 Å². The average molecular weight is 483 g/mol. The summed E-state index contributed by atoms with van der Waals surface area (Å²) in [6, 6.07) is 7.06. The molecule has 5 rings (SSSR count). The van der Waals surface area contributed by atoms with Gasteiger partial charge >= 0.3 is 0 Å². The number of nitrogens with one attached hydrogen (secondary N) is 2. The van der Waals surface area contributed by atoms with Crippen molar-refractivity contribution in [3.05, 3.63) is 57.1 Å². The number of aryl methyl sites for hydroxylation is 1. The number of carbonyl (C=O) groups is 1. The summed E-state index contributed by atoms with van der Waals surface area (Å²) in [4.78, 5) is 34.9. The van der Waals surface area contributed by atoms with E-state index < -0.39 is 0 Å². The summed E-state index contributed by atoms with van der Waals surface area (Å²) in [6.07, 6.45) is 3.56. The molecule has 3 aromatic heterocycles. The van der Waals surface area contributed by atoms with Gasteiger partial charge in [-0.1, -0.05) is 11.6 Å². The summed E-state index contributed by atoms with van der Waals surface area (Å²) >= 11 is 6.48. The Hall–Kier alpha value is -3.01. The Balaban J connectivity index is 1.14. The number of fused-ring (bicyclic) bond motifs is 2. The minimum atomic E-state index is -0.181. The van der Waals surface area contributed by atoms with Crippen molar-refractivity contribution in [1.29, 1.82) is 0 Å². The highest BCUT2D eigenvalue weighted by Gasteiger charge is 2.23. The Bertz CT molecular complexity index is 1290. The van der Waals surface area contributed by atoms with Gasteiger partial charge in [-0.3, -0.25) is 14.6 Å². The largest absolute Gasteiger partial charge is 0.480 e. The van der Waals surface area contributed by atoms with Crippen LogP contribution in [-0.2, 0) is 24.8 Å². The second-order valence-corrected chi connectivity index (χ2v) is 9.28. The first kappa shape index (κ1) is 22.8. The molecule has 10 heteroatoms. The summed E-state index contributed by atoms with van der Waals surface area (Å²) < 4.78 is 6.99. The molecule has 0 bridgehead atoms. The quantitative estimate of drug-likeness (QED) is 0.531. The van der Waals surface area contributed by atoms with E-state index in [4.69, 9.17) is 16.3 Å². The normalized spacial score (nSPS) is 18.1. The van der Waals surface area contributed by atoms with Crippen molar-refractivity contribution in [3.63, 3.8) is 0 Å². The average Bonchev–Trinajstić information content (AvgIpc) is 3.28. The van der Waals surface area contributed by atoms with Gasteiger partial charge in [0.1, 0.15) is 0 Å². The van der Waals surface area contributed by atoms with Crippen LogP contribution in [0.3, 0.4) is 0 Å². The van der Waals surface area contributed by atoms with Gasteiger partial charge < -0.3 is 24.8 Å². The second kappa shape index (κ2) is 9.69. The number of amides is 1. The fourth-order valence-corrected chi connectivity index (χ4v) is 4.93. The maximum absolute atomic E-state index is 12.1. The number of pyridine rings is 3. The van der Waals surface area contributed by atoms with E-state index in [1.54, 1.807) is 23.9 Å². The van der Waals surface area contributed by atoms with Crippen LogP contribution in [0.15, 0.2) is 35.3 Å². The zero-order valence-corrected chi connectivity index (χ0v) is 19.8. The molecule has 1 fully saturated rings. The van der Waals surface area contributed by atoms with Crippen LogP contribution in [0.25, 0.3) is 11.0 Å². The third kappa shape index (κ3) is 4.77. The van der Waals surface area contributed by atoms with Gasteiger partial charge in [-0.05, 0) is 55.6 Å². The first-order valence-electron chi connectivity index (χ1n) is 11.5. The third-order valence-corrected chi connectivity index (χ3v) is 6.83. The van der Waals surface area contributed by atoms with Gasteiger partial charge in [0, 0.05) is 38.9 Å². The van der Waals surface area contributed by atoms with Gasteiger partial charge in [0.15, 0.2) is 18.2 Å². The van der Waals surface area contributed by atoms with Crippen LogP contribution in [0.1, 0.15) is 17.7 Å². The van der Waals surface area contributed by atoms with Crippen LogP contribution in [0.4, 0.5) is 5.82 Å². The SMILES string of the molecule is Cn1c(=O)ccc2ncc(Cl)c(CCN3CC[C@H](CNCc4ccc5c(n4)NC(=O)CO5)C3)c21. The molecule has 3 aromatic rings. The molecule has 2 aliphatic heterocycles. The molecule has 1 amide bonds. The minimum Gasteiger partial charge on any atom is -0.480 e. The van der Waals surface area contributed by atoms with Crippen molar-refractivity contribution >= 4 is 34.4 Å². The lowest BCUT2D eigenvalue weighted by Crippen LogP contribution is -2.29. The van der Waals surface area contributed by atoms with Gasteiger partial charge in [-0.15, -0.1) is 0 Å².